The number of pyridine rings is 1. The van der Waals surface area contributed by atoms with Gasteiger partial charge in [-0.05, 0) is 40.9 Å². The predicted octanol–water partition coefficient (Wildman–Crippen LogP) is 1.58. The third-order valence-electron chi connectivity index (χ3n) is 3.15. The van der Waals surface area contributed by atoms with Crippen LogP contribution in [0.15, 0.2) is 22.8 Å². The molecule has 2 heterocycles. The minimum Gasteiger partial charge on any atom is -0.346 e. The largest absolute Gasteiger partial charge is 0.346 e. The molecule has 0 radical (unpaired) electrons. The topological polar surface area (TPSA) is 62.3 Å². The number of nitrogens with one attached hydrogen (secondary N) is 1. The van der Waals surface area contributed by atoms with E-state index in [4.69, 9.17) is 0 Å². The summed E-state index contributed by atoms with van der Waals surface area (Å²) in [6, 6.07) is 5.22. The molecule has 0 aliphatic carbocycles. The number of aromatic nitrogens is 1. The number of amides is 2. The lowest BCUT2D eigenvalue weighted by atomic mass is 10.1. The highest BCUT2D eigenvalue weighted by Gasteiger charge is 2.23. The smallest absolute Gasteiger partial charge is 0.270 e. The Kier molecular flexibility index (Phi) is 4.52. The third kappa shape index (κ3) is 3.76. The second-order valence-electron chi connectivity index (χ2n) is 4.62. The SMILES string of the molecule is CC(=O)N1CCC[C@@H](NC(=O)c2cccc(Br)n2)C1. The Morgan fingerprint density at radius 3 is 2.95 bits per heavy atom. The number of likely N-dealkylation sites (tertiary alicyclic amines) is 1. The van der Waals surface area contributed by atoms with Crippen molar-refractivity contribution < 1.29 is 9.59 Å². The Hall–Kier alpha value is -1.43. The fraction of sp³-hybridized carbons (Fsp3) is 0.462. The van der Waals surface area contributed by atoms with Gasteiger partial charge >= 0.3 is 0 Å². The van der Waals surface area contributed by atoms with Crippen molar-refractivity contribution in [2.24, 2.45) is 0 Å². The molecule has 1 aromatic rings. The van der Waals surface area contributed by atoms with E-state index in [9.17, 15) is 9.59 Å². The molecular formula is C13H16BrN3O2. The van der Waals surface area contributed by atoms with Gasteiger partial charge < -0.3 is 10.2 Å². The average molecular weight is 326 g/mol. The normalized spacial score (nSPS) is 19.1. The lowest BCUT2D eigenvalue weighted by Crippen LogP contribution is -2.49. The van der Waals surface area contributed by atoms with Crippen molar-refractivity contribution in [3.63, 3.8) is 0 Å². The molecule has 1 fully saturated rings. The lowest BCUT2D eigenvalue weighted by Gasteiger charge is -2.32. The van der Waals surface area contributed by atoms with Crippen LogP contribution in [0, 0.1) is 0 Å². The maximum absolute atomic E-state index is 12.0. The monoisotopic (exact) mass is 325 g/mol. The van der Waals surface area contributed by atoms with Gasteiger partial charge in [0.05, 0.1) is 0 Å². The Bertz CT molecular complexity index is 493. The first-order chi connectivity index (χ1) is 9.06. The van der Waals surface area contributed by atoms with Crippen LogP contribution in [0.2, 0.25) is 0 Å². The number of carbonyl (C=O) groups excluding carboxylic acids is 2. The Morgan fingerprint density at radius 2 is 2.26 bits per heavy atom. The van der Waals surface area contributed by atoms with Crippen molar-refractivity contribution in [2.75, 3.05) is 13.1 Å². The van der Waals surface area contributed by atoms with Crippen LogP contribution < -0.4 is 5.32 Å². The summed E-state index contributed by atoms with van der Waals surface area (Å²) < 4.78 is 0.633. The van der Waals surface area contributed by atoms with E-state index >= 15 is 0 Å². The summed E-state index contributed by atoms with van der Waals surface area (Å²) in [6.07, 6.45) is 1.81. The van der Waals surface area contributed by atoms with Crippen LogP contribution in [-0.2, 0) is 4.79 Å². The Balaban J connectivity index is 1.97. The molecule has 1 aromatic heterocycles. The number of hydrogen-bond acceptors (Lipinski definition) is 3. The second-order valence-corrected chi connectivity index (χ2v) is 5.44. The fourth-order valence-corrected chi connectivity index (χ4v) is 2.52. The Labute approximate surface area is 120 Å². The molecule has 1 saturated heterocycles. The van der Waals surface area contributed by atoms with E-state index in [0.717, 1.165) is 19.4 Å². The highest BCUT2D eigenvalue weighted by Crippen LogP contribution is 2.11. The van der Waals surface area contributed by atoms with E-state index < -0.39 is 0 Å². The van der Waals surface area contributed by atoms with Crippen LogP contribution in [0.4, 0.5) is 0 Å². The first kappa shape index (κ1) is 14.0. The van der Waals surface area contributed by atoms with E-state index in [2.05, 4.69) is 26.2 Å². The van der Waals surface area contributed by atoms with E-state index in [-0.39, 0.29) is 17.9 Å². The zero-order valence-electron chi connectivity index (χ0n) is 10.7. The van der Waals surface area contributed by atoms with E-state index in [1.165, 1.54) is 0 Å². The minimum atomic E-state index is -0.197. The van der Waals surface area contributed by atoms with Gasteiger partial charge in [-0.15, -0.1) is 0 Å². The molecule has 1 N–H and O–H groups in total. The van der Waals surface area contributed by atoms with Crippen LogP contribution in [-0.4, -0.2) is 40.8 Å². The van der Waals surface area contributed by atoms with Gasteiger partial charge in [0.15, 0.2) is 0 Å². The van der Waals surface area contributed by atoms with Gasteiger partial charge in [-0.3, -0.25) is 9.59 Å². The molecule has 102 valence electrons. The highest BCUT2D eigenvalue weighted by molar-refractivity contribution is 9.10. The average Bonchev–Trinajstić information content (AvgIpc) is 2.39. The zero-order valence-corrected chi connectivity index (χ0v) is 12.3. The van der Waals surface area contributed by atoms with E-state index in [0.29, 0.717) is 16.8 Å². The fourth-order valence-electron chi connectivity index (χ4n) is 2.18. The lowest BCUT2D eigenvalue weighted by molar-refractivity contribution is -0.130. The van der Waals surface area contributed by atoms with Crippen molar-refractivity contribution in [1.82, 2.24) is 15.2 Å². The summed E-state index contributed by atoms with van der Waals surface area (Å²) in [5, 5.41) is 2.93. The molecule has 5 nitrogen and oxygen atoms in total. The van der Waals surface area contributed by atoms with Crippen LogP contribution in [0.25, 0.3) is 0 Å². The quantitative estimate of drug-likeness (QED) is 0.840. The van der Waals surface area contributed by atoms with Crippen molar-refractivity contribution in [2.45, 2.75) is 25.8 Å². The van der Waals surface area contributed by atoms with Crippen molar-refractivity contribution in [3.05, 3.63) is 28.5 Å². The number of halogens is 1. The van der Waals surface area contributed by atoms with E-state index in [1.54, 1.807) is 30.0 Å². The van der Waals surface area contributed by atoms with Crippen molar-refractivity contribution >= 4 is 27.7 Å². The summed E-state index contributed by atoms with van der Waals surface area (Å²) in [6.45, 7) is 2.91. The first-order valence-corrected chi connectivity index (χ1v) is 7.04. The van der Waals surface area contributed by atoms with Crippen LogP contribution in [0.3, 0.4) is 0 Å². The number of hydrogen-bond donors (Lipinski definition) is 1. The molecule has 0 saturated carbocycles. The van der Waals surface area contributed by atoms with Crippen molar-refractivity contribution in [1.29, 1.82) is 0 Å². The number of carbonyl (C=O) groups is 2. The van der Waals surface area contributed by atoms with Crippen LogP contribution in [0.1, 0.15) is 30.3 Å². The van der Waals surface area contributed by atoms with Crippen LogP contribution in [0.5, 0.6) is 0 Å². The maximum atomic E-state index is 12.0. The van der Waals surface area contributed by atoms with Gasteiger partial charge in [0, 0.05) is 26.1 Å². The molecule has 0 aromatic carbocycles. The number of rotatable bonds is 2. The van der Waals surface area contributed by atoms with Gasteiger partial charge in [0.25, 0.3) is 5.91 Å². The Morgan fingerprint density at radius 1 is 1.47 bits per heavy atom. The number of piperidine rings is 1. The standard InChI is InChI=1S/C13H16BrN3O2/c1-9(18)17-7-3-4-10(8-17)15-13(19)11-5-2-6-12(14)16-11/h2,5-6,10H,3-4,7-8H2,1H3,(H,15,19)/t10-/m1/s1. The van der Waals surface area contributed by atoms with Crippen LogP contribution >= 0.6 is 15.9 Å². The van der Waals surface area contributed by atoms with Gasteiger partial charge in [-0.2, -0.15) is 0 Å². The molecule has 2 rings (SSSR count). The summed E-state index contributed by atoms with van der Waals surface area (Å²) in [4.78, 5) is 29.3. The zero-order chi connectivity index (χ0) is 13.8. The summed E-state index contributed by atoms with van der Waals surface area (Å²) >= 11 is 3.24. The first-order valence-electron chi connectivity index (χ1n) is 6.25. The molecule has 2 amide bonds. The second kappa shape index (κ2) is 6.14. The minimum absolute atomic E-state index is 0.00549. The summed E-state index contributed by atoms with van der Waals surface area (Å²) in [5.41, 5.74) is 0.384. The number of nitrogens with zero attached hydrogens (tertiary/aromatic N) is 2. The van der Waals surface area contributed by atoms with Gasteiger partial charge in [-0.25, -0.2) is 4.98 Å². The molecule has 19 heavy (non-hydrogen) atoms. The summed E-state index contributed by atoms with van der Waals surface area (Å²) in [5.74, 6) is -0.142. The predicted molar refractivity (Wildman–Crippen MR) is 74.7 cm³/mol. The molecular weight excluding hydrogens is 310 g/mol. The third-order valence-corrected chi connectivity index (χ3v) is 3.59. The van der Waals surface area contributed by atoms with Crippen molar-refractivity contribution in [3.8, 4) is 0 Å². The van der Waals surface area contributed by atoms with E-state index in [1.807, 2.05) is 0 Å². The maximum Gasteiger partial charge on any atom is 0.270 e. The molecule has 6 heteroatoms. The van der Waals surface area contributed by atoms with Gasteiger partial charge in [-0.1, -0.05) is 6.07 Å². The molecule has 1 aliphatic heterocycles. The molecule has 0 spiro atoms. The van der Waals surface area contributed by atoms with Gasteiger partial charge in [0.1, 0.15) is 10.3 Å². The van der Waals surface area contributed by atoms with Gasteiger partial charge in [0.2, 0.25) is 5.91 Å². The summed E-state index contributed by atoms with van der Waals surface area (Å²) in [7, 11) is 0. The highest BCUT2D eigenvalue weighted by atomic mass is 79.9. The molecule has 1 atom stereocenters. The molecule has 0 bridgehead atoms. The molecule has 0 unspecified atom stereocenters. The molecule has 1 aliphatic rings.